The van der Waals surface area contributed by atoms with Crippen LogP contribution >= 0.6 is 0 Å². The first-order valence-electron chi connectivity index (χ1n) is 9.21. The molecule has 2 aliphatic heterocycles. The number of amides is 1. The molecule has 2 aromatic heterocycles. The summed E-state index contributed by atoms with van der Waals surface area (Å²) >= 11 is 0. The molecule has 138 valence electrons. The molecule has 4 heterocycles. The largest absolute Gasteiger partial charge is 0.350 e. The Morgan fingerprint density at radius 2 is 2.07 bits per heavy atom. The van der Waals surface area contributed by atoms with Gasteiger partial charge < -0.3 is 15.2 Å². The molecule has 2 aliphatic rings. The highest BCUT2D eigenvalue weighted by atomic mass is 16.1. The minimum absolute atomic E-state index is 0.00682. The van der Waals surface area contributed by atoms with Crippen molar-refractivity contribution in [1.82, 2.24) is 30.6 Å². The first-order chi connectivity index (χ1) is 13.2. The molecule has 0 radical (unpaired) electrons. The topological polar surface area (TPSA) is 105 Å². The number of H-pyrrole nitrogens is 1. The number of carbonyl (C=O) groups is 1. The highest BCUT2D eigenvalue weighted by molar-refractivity contribution is 5.97. The number of nitrogens with zero attached hydrogens (tertiary/aromatic N) is 3. The lowest BCUT2D eigenvalue weighted by Crippen LogP contribution is -2.50. The summed E-state index contributed by atoms with van der Waals surface area (Å²) in [5.74, 6) is 0.519. The lowest BCUT2D eigenvalue weighted by atomic mass is 9.79. The Bertz CT molecular complexity index is 1070. The second-order valence-corrected chi connectivity index (χ2v) is 7.31. The van der Waals surface area contributed by atoms with Crippen molar-refractivity contribution in [2.24, 2.45) is 5.92 Å². The predicted octanol–water partition coefficient (Wildman–Crippen LogP) is 0.797. The van der Waals surface area contributed by atoms with E-state index in [1.807, 2.05) is 16.7 Å². The molecule has 27 heavy (non-hydrogen) atoms. The maximum Gasteiger partial charge on any atom is 0.251 e. The number of carbonyl (C=O) groups excluding carboxylic acids is 1. The van der Waals surface area contributed by atoms with E-state index in [1.54, 1.807) is 24.3 Å². The van der Waals surface area contributed by atoms with Gasteiger partial charge in [-0.25, -0.2) is 0 Å². The smallest absolute Gasteiger partial charge is 0.251 e. The second kappa shape index (κ2) is 6.31. The van der Waals surface area contributed by atoms with Crippen molar-refractivity contribution in [3.8, 4) is 0 Å². The molecular weight excluding hydrogens is 344 g/mol. The van der Waals surface area contributed by atoms with E-state index >= 15 is 0 Å². The summed E-state index contributed by atoms with van der Waals surface area (Å²) in [6.45, 7) is 2.19. The van der Waals surface area contributed by atoms with Crippen LogP contribution in [0.1, 0.15) is 34.4 Å². The zero-order valence-electron chi connectivity index (χ0n) is 14.7. The van der Waals surface area contributed by atoms with Gasteiger partial charge in [-0.3, -0.25) is 9.59 Å². The SMILES string of the molecule is O=C(NC[C@H]1[C@@H]2CNC[C@@H](C2)c2cccc(=O)n21)c1ccc2n[nH]nc2c1. The van der Waals surface area contributed by atoms with Crippen molar-refractivity contribution in [2.75, 3.05) is 19.6 Å². The summed E-state index contributed by atoms with van der Waals surface area (Å²) in [5, 5.41) is 17.1. The van der Waals surface area contributed by atoms with Crippen LogP contribution in [-0.4, -0.2) is 45.5 Å². The molecular formula is C19H20N6O2. The van der Waals surface area contributed by atoms with E-state index in [2.05, 4.69) is 26.0 Å². The van der Waals surface area contributed by atoms with Crippen LogP contribution in [0.2, 0.25) is 0 Å². The normalized spacial score (nSPS) is 23.8. The van der Waals surface area contributed by atoms with Gasteiger partial charge in [-0.2, -0.15) is 15.4 Å². The Morgan fingerprint density at radius 1 is 1.19 bits per heavy atom. The summed E-state index contributed by atoms with van der Waals surface area (Å²) < 4.78 is 1.89. The molecule has 3 atom stereocenters. The van der Waals surface area contributed by atoms with Gasteiger partial charge in [0.15, 0.2) is 0 Å². The number of aromatic nitrogens is 4. The summed E-state index contributed by atoms with van der Waals surface area (Å²) in [7, 11) is 0. The first kappa shape index (κ1) is 16.2. The Balaban J connectivity index is 1.40. The minimum atomic E-state index is -0.170. The van der Waals surface area contributed by atoms with Crippen LogP contribution in [0, 0.1) is 5.92 Å². The van der Waals surface area contributed by atoms with E-state index in [9.17, 15) is 9.59 Å². The maximum absolute atomic E-state index is 12.7. The lowest BCUT2D eigenvalue weighted by molar-refractivity contribution is 0.0932. The van der Waals surface area contributed by atoms with Crippen molar-refractivity contribution in [3.63, 3.8) is 0 Å². The number of piperidine rings is 1. The molecule has 1 saturated heterocycles. The third kappa shape index (κ3) is 2.73. The number of benzene rings is 1. The molecule has 8 heteroatoms. The second-order valence-electron chi connectivity index (χ2n) is 7.31. The van der Waals surface area contributed by atoms with Crippen molar-refractivity contribution >= 4 is 16.9 Å². The highest BCUT2D eigenvalue weighted by Crippen LogP contribution is 2.38. The van der Waals surface area contributed by atoms with Gasteiger partial charge in [0.1, 0.15) is 11.0 Å². The number of hydrogen-bond donors (Lipinski definition) is 3. The van der Waals surface area contributed by atoms with E-state index in [-0.39, 0.29) is 17.5 Å². The number of aromatic amines is 1. The van der Waals surface area contributed by atoms with Gasteiger partial charge in [0.05, 0.1) is 6.04 Å². The van der Waals surface area contributed by atoms with E-state index < -0.39 is 0 Å². The van der Waals surface area contributed by atoms with Gasteiger partial charge in [0.25, 0.3) is 11.5 Å². The number of hydrogen-bond acceptors (Lipinski definition) is 5. The summed E-state index contributed by atoms with van der Waals surface area (Å²) in [6, 6.07) is 10.6. The predicted molar refractivity (Wildman–Crippen MR) is 99.7 cm³/mol. The average Bonchev–Trinajstić information content (AvgIpc) is 3.16. The van der Waals surface area contributed by atoms with Crippen LogP contribution in [0.25, 0.3) is 11.0 Å². The molecule has 0 aliphatic carbocycles. The van der Waals surface area contributed by atoms with Gasteiger partial charge in [0, 0.05) is 42.9 Å². The van der Waals surface area contributed by atoms with E-state index in [0.717, 1.165) is 30.7 Å². The van der Waals surface area contributed by atoms with Gasteiger partial charge in [-0.1, -0.05) is 6.07 Å². The van der Waals surface area contributed by atoms with E-state index in [0.29, 0.717) is 29.5 Å². The lowest BCUT2D eigenvalue weighted by Gasteiger charge is -2.43. The van der Waals surface area contributed by atoms with Crippen molar-refractivity contribution < 1.29 is 4.79 Å². The molecule has 1 amide bonds. The molecule has 1 fully saturated rings. The monoisotopic (exact) mass is 364 g/mol. The Kier molecular flexibility index (Phi) is 3.78. The zero-order valence-corrected chi connectivity index (χ0v) is 14.7. The molecule has 5 rings (SSSR count). The molecule has 8 nitrogen and oxygen atoms in total. The Hall–Kier alpha value is -3.00. The van der Waals surface area contributed by atoms with Crippen LogP contribution in [0.4, 0.5) is 0 Å². The van der Waals surface area contributed by atoms with Gasteiger partial charge in [-0.05, 0) is 36.6 Å². The fourth-order valence-corrected chi connectivity index (χ4v) is 4.45. The summed E-state index contributed by atoms with van der Waals surface area (Å²) in [5.41, 5.74) is 2.98. The molecule has 3 N–H and O–H groups in total. The molecule has 0 spiro atoms. The van der Waals surface area contributed by atoms with Crippen LogP contribution in [0.5, 0.6) is 0 Å². The quantitative estimate of drug-likeness (QED) is 0.638. The van der Waals surface area contributed by atoms with Gasteiger partial charge >= 0.3 is 0 Å². The fraction of sp³-hybridized carbons (Fsp3) is 0.368. The van der Waals surface area contributed by atoms with Crippen LogP contribution in [-0.2, 0) is 0 Å². The molecule has 2 bridgehead atoms. The standard InChI is InChI=1S/C19H20N6O2/c26-18-3-1-2-16-12-6-13(9-20-8-12)17(25(16)18)10-21-19(27)11-4-5-14-15(7-11)23-24-22-14/h1-5,7,12-13,17,20H,6,8-10H2,(H,21,27)(H,22,23,24)/t12-,13+,17+/m1/s1. The number of fused-ring (bicyclic) bond motifs is 5. The number of pyridine rings is 1. The molecule has 0 unspecified atom stereocenters. The number of rotatable bonds is 3. The van der Waals surface area contributed by atoms with E-state index in [4.69, 9.17) is 0 Å². The minimum Gasteiger partial charge on any atom is -0.350 e. The number of nitrogens with one attached hydrogen (secondary N) is 3. The van der Waals surface area contributed by atoms with Crippen molar-refractivity contribution in [3.05, 3.63) is 58.0 Å². The average molecular weight is 364 g/mol. The molecule has 1 aromatic carbocycles. The molecule has 3 aromatic rings. The summed E-state index contributed by atoms with van der Waals surface area (Å²) in [4.78, 5) is 25.2. The van der Waals surface area contributed by atoms with Gasteiger partial charge in [-0.15, -0.1) is 0 Å². The van der Waals surface area contributed by atoms with Crippen molar-refractivity contribution in [2.45, 2.75) is 18.4 Å². The van der Waals surface area contributed by atoms with Gasteiger partial charge in [0.2, 0.25) is 0 Å². The third-order valence-corrected chi connectivity index (χ3v) is 5.75. The zero-order chi connectivity index (χ0) is 18.4. The Morgan fingerprint density at radius 3 is 3.00 bits per heavy atom. The maximum atomic E-state index is 12.7. The molecule has 0 saturated carbocycles. The first-order valence-corrected chi connectivity index (χ1v) is 9.21. The van der Waals surface area contributed by atoms with Crippen LogP contribution in [0.3, 0.4) is 0 Å². The highest BCUT2D eigenvalue weighted by Gasteiger charge is 2.37. The van der Waals surface area contributed by atoms with Crippen LogP contribution < -0.4 is 16.2 Å². The summed E-state index contributed by atoms with van der Waals surface area (Å²) in [6.07, 6.45) is 1.04. The Labute approximate surface area is 155 Å². The van der Waals surface area contributed by atoms with Crippen LogP contribution in [0.15, 0.2) is 41.2 Å². The fourth-order valence-electron chi connectivity index (χ4n) is 4.45. The third-order valence-electron chi connectivity index (χ3n) is 5.75. The van der Waals surface area contributed by atoms with Crippen molar-refractivity contribution in [1.29, 1.82) is 0 Å². The van der Waals surface area contributed by atoms with E-state index in [1.165, 1.54) is 0 Å².